The molecule has 26 heavy (non-hydrogen) atoms. The first-order valence-corrected chi connectivity index (χ1v) is 8.08. The standard InChI is InChI=1S/C16H18F2O8/c1-5(19)24-10-7-4-6-8(12(20)25-11(6)10)9(7)13(21)26-15(2,3)16(17,18)14(22)23/h6-11H,4H2,1-3H3,(H,22,23)/p-1. The van der Waals surface area contributed by atoms with Gasteiger partial charge in [0.05, 0.1) is 11.8 Å². The summed E-state index contributed by atoms with van der Waals surface area (Å²) in [5.74, 6) is -12.6. The van der Waals surface area contributed by atoms with Crippen molar-refractivity contribution in [1.29, 1.82) is 0 Å². The Morgan fingerprint density at radius 3 is 2.38 bits per heavy atom. The first-order chi connectivity index (χ1) is 11.9. The first kappa shape index (κ1) is 18.5. The zero-order valence-corrected chi connectivity index (χ0v) is 14.2. The lowest BCUT2D eigenvalue weighted by molar-refractivity contribution is -0.342. The number of hydrogen-bond acceptors (Lipinski definition) is 8. The van der Waals surface area contributed by atoms with E-state index < -0.39 is 65.4 Å². The number of aliphatic carboxylic acids is 1. The number of carbonyl (C=O) groups excluding carboxylic acids is 4. The van der Waals surface area contributed by atoms with Gasteiger partial charge in [-0.2, -0.15) is 8.78 Å². The highest BCUT2D eigenvalue weighted by Crippen LogP contribution is 2.59. The van der Waals surface area contributed by atoms with Crippen molar-refractivity contribution in [1.82, 2.24) is 0 Å². The number of alkyl halides is 2. The van der Waals surface area contributed by atoms with Crippen molar-refractivity contribution in [2.24, 2.45) is 23.7 Å². The van der Waals surface area contributed by atoms with E-state index >= 15 is 0 Å². The molecule has 0 amide bonds. The normalized spacial score (nSPS) is 35.2. The Bertz CT molecular complexity index is 688. The SMILES string of the molecule is CC(=O)OC1C2CC3C1OC(=O)C3C2C(=O)OC(C)(C)C(F)(F)C(=O)[O-]. The van der Waals surface area contributed by atoms with Gasteiger partial charge in [0.2, 0.25) is 0 Å². The Kier molecular flexibility index (Phi) is 4.00. The van der Waals surface area contributed by atoms with E-state index in [2.05, 4.69) is 0 Å². The fourth-order valence-corrected chi connectivity index (χ4v) is 4.29. The van der Waals surface area contributed by atoms with Gasteiger partial charge in [-0.15, -0.1) is 0 Å². The molecule has 2 saturated carbocycles. The summed E-state index contributed by atoms with van der Waals surface area (Å²) in [5.41, 5.74) is -2.69. The van der Waals surface area contributed by atoms with Crippen LogP contribution in [0, 0.1) is 23.7 Å². The average Bonchev–Trinajstić information content (AvgIpc) is 3.09. The van der Waals surface area contributed by atoms with Crippen LogP contribution in [0.1, 0.15) is 27.2 Å². The minimum Gasteiger partial charge on any atom is -0.544 e. The second-order valence-corrected chi connectivity index (χ2v) is 7.38. The number of hydrogen-bond donors (Lipinski definition) is 0. The van der Waals surface area contributed by atoms with Crippen molar-refractivity contribution in [2.75, 3.05) is 0 Å². The monoisotopic (exact) mass is 375 g/mol. The maximum atomic E-state index is 13.8. The van der Waals surface area contributed by atoms with E-state index in [1.54, 1.807) is 0 Å². The van der Waals surface area contributed by atoms with Crippen LogP contribution in [-0.2, 0) is 33.4 Å². The van der Waals surface area contributed by atoms with E-state index in [1.165, 1.54) is 0 Å². The van der Waals surface area contributed by atoms with Gasteiger partial charge < -0.3 is 24.1 Å². The van der Waals surface area contributed by atoms with E-state index in [1.807, 2.05) is 0 Å². The van der Waals surface area contributed by atoms with Crippen LogP contribution < -0.4 is 5.11 Å². The Morgan fingerprint density at radius 2 is 1.85 bits per heavy atom. The lowest BCUT2D eigenvalue weighted by Gasteiger charge is -2.36. The smallest absolute Gasteiger partial charge is 0.325 e. The summed E-state index contributed by atoms with van der Waals surface area (Å²) in [7, 11) is 0. The molecule has 0 radical (unpaired) electrons. The molecule has 2 aliphatic carbocycles. The van der Waals surface area contributed by atoms with Crippen LogP contribution in [-0.4, -0.2) is 47.6 Å². The van der Waals surface area contributed by atoms with Gasteiger partial charge in [0.15, 0.2) is 5.60 Å². The summed E-state index contributed by atoms with van der Waals surface area (Å²) in [6.45, 7) is 2.65. The molecule has 144 valence electrons. The third-order valence-electron chi connectivity index (χ3n) is 5.49. The maximum absolute atomic E-state index is 13.8. The lowest BCUT2D eigenvalue weighted by Crippen LogP contribution is -2.58. The predicted octanol–water partition coefficient (Wildman–Crippen LogP) is -0.567. The molecule has 8 nitrogen and oxygen atoms in total. The quantitative estimate of drug-likeness (QED) is 0.463. The maximum Gasteiger partial charge on any atom is 0.325 e. The van der Waals surface area contributed by atoms with Crippen molar-refractivity contribution < 1.29 is 47.3 Å². The van der Waals surface area contributed by atoms with Crippen molar-refractivity contribution in [3.8, 4) is 0 Å². The van der Waals surface area contributed by atoms with Crippen LogP contribution in [0.25, 0.3) is 0 Å². The van der Waals surface area contributed by atoms with E-state index in [9.17, 15) is 33.1 Å². The Morgan fingerprint density at radius 1 is 1.23 bits per heavy atom. The zero-order valence-electron chi connectivity index (χ0n) is 14.2. The molecule has 2 bridgehead atoms. The molecule has 1 heterocycles. The van der Waals surface area contributed by atoms with Gasteiger partial charge in [-0.05, 0) is 20.3 Å². The number of carboxylic acid groups (broad SMARTS) is 1. The van der Waals surface area contributed by atoms with E-state index in [0.717, 1.165) is 20.8 Å². The summed E-state index contributed by atoms with van der Waals surface area (Å²) < 4.78 is 42.7. The van der Waals surface area contributed by atoms with Crippen LogP contribution in [0.15, 0.2) is 0 Å². The van der Waals surface area contributed by atoms with Crippen molar-refractivity contribution in [2.45, 2.75) is 50.9 Å². The molecule has 0 N–H and O–H groups in total. The van der Waals surface area contributed by atoms with Crippen LogP contribution in [0.3, 0.4) is 0 Å². The second-order valence-electron chi connectivity index (χ2n) is 7.38. The lowest BCUT2D eigenvalue weighted by atomic mass is 9.78. The number of esters is 3. The topological polar surface area (TPSA) is 119 Å². The third-order valence-corrected chi connectivity index (χ3v) is 5.49. The molecule has 10 heteroatoms. The number of fused-ring (bicyclic) bond motifs is 1. The van der Waals surface area contributed by atoms with Gasteiger partial charge >= 0.3 is 23.8 Å². The number of carboxylic acids is 1. The second kappa shape index (κ2) is 5.62. The van der Waals surface area contributed by atoms with Crippen molar-refractivity contribution in [3.05, 3.63) is 0 Å². The van der Waals surface area contributed by atoms with E-state index in [4.69, 9.17) is 14.2 Å². The van der Waals surface area contributed by atoms with Crippen molar-refractivity contribution >= 4 is 23.9 Å². The van der Waals surface area contributed by atoms with E-state index in [0.29, 0.717) is 6.42 Å². The Hall–Kier alpha value is -2.26. The first-order valence-electron chi connectivity index (χ1n) is 8.08. The molecule has 1 aliphatic heterocycles. The van der Waals surface area contributed by atoms with E-state index in [-0.39, 0.29) is 5.92 Å². The van der Waals surface area contributed by atoms with Gasteiger partial charge in [0.1, 0.15) is 18.2 Å². The molecule has 3 fully saturated rings. The largest absolute Gasteiger partial charge is 0.544 e. The van der Waals surface area contributed by atoms with Gasteiger partial charge in [-0.1, -0.05) is 0 Å². The highest BCUT2D eigenvalue weighted by atomic mass is 19.3. The number of ether oxygens (including phenoxy) is 3. The summed E-state index contributed by atoms with van der Waals surface area (Å²) >= 11 is 0. The summed E-state index contributed by atoms with van der Waals surface area (Å²) in [6, 6.07) is 0. The highest BCUT2D eigenvalue weighted by molar-refractivity contribution is 5.87. The van der Waals surface area contributed by atoms with Gasteiger partial charge in [0, 0.05) is 18.8 Å². The summed E-state index contributed by atoms with van der Waals surface area (Å²) in [4.78, 5) is 46.6. The average molecular weight is 375 g/mol. The molecule has 0 aromatic rings. The van der Waals surface area contributed by atoms with Crippen LogP contribution in [0.4, 0.5) is 8.78 Å². The fourth-order valence-electron chi connectivity index (χ4n) is 4.29. The number of halogens is 2. The highest BCUT2D eigenvalue weighted by Gasteiger charge is 2.70. The molecule has 3 rings (SSSR count). The van der Waals surface area contributed by atoms with Crippen LogP contribution in [0.5, 0.6) is 0 Å². The predicted molar refractivity (Wildman–Crippen MR) is 74.1 cm³/mol. The van der Waals surface area contributed by atoms with Crippen LogP contribution in [0.2, 0.25) is 0 Å². The minimum atomic E-state index is -4.44. The van der Waals surface area contributed by atoms with Crippen molar-refractivity contribution in [3.63, 3.8) is 0 Å². The van der Waals surface area contributed by atoms with Gasteiger partial charge in [-0.25, -0.2) is 0 Å². The number of rotatable bonds is 5. The molecular weight excluding hydrogens is 358 g/mol. The summed E-state index contributed by atoms with van der Waals surface area (Å²) in [5, 5.41) is 10.7. The van der Waals surface area contributed by atoms with Gasteiger partial charge in [0.25, 0.3) is 0 Å². The molecule has 0 spiro atoms. The van der Waals surface area contributed by atoms with Gasteiger partial charge in [-0.3, -0.25) is 14.4 Å². The fraction of sp³-hybridized carbons (Fsp3) is 0.750. The summed E-state index contributed by atoms with van der Waals surface area (Å²) in [6.07, 6.45) is -1.18. The third kappa shape index (κ3) is 2.45. The molecule has 1 saturated heterocycles. The number of carbonyl (C=O) groups is 4. The minimum absolute atomic E-state index is 0.343. The molecule has 6 atom stereocenters. The molecule has 6 unspecified atom stereocenters. The van der Waals surface area contributed by atoms with Crippen LogP contribution >= 0.6 is 0 Å². The Balaban J connectivity index is 1.84. The molecule has 0 aromatic carbocycles. The molecular formula is C16H17F2O8-. The Labute approximate surface area is 146 Å². The molecule has 0 aromatic heterocycles. The molecule has 3 aliphatic rings. The zero-order chi connectivity index (χ0) is 19.6.